The van der Waals surface area contributed by atoms with Crippen molar-refractivity contribution in [1.29, 1.82) is 0 Å². The van der Waals surface area contributed by atoms with Gasteiger partial charge < -0.3 is 37.9 Å². The Morgan fingerprint density at radius 1 is 0.382 bits per heavy atom. The molecule has 3 aromatic heterocycles. The van der Waals surface area contributed by atoms with E-state index in [0.29, 0.717) is 0 Å². The Balaban J connectivity index is 0.000000141. The molecule has 34 heavy (non-hydrogen) atoms. The van der Waals surface area contributed by atoms with Crippen LogP contribution in [0.1, 0.15) is 0 Å². The number of hydrogen-bond donors (Lipinski definition) is 0. The smallest absolute Gasteiger partial charge is 0.778 e. The predicted octanol–water partition coefficient (Wildman–Crippen LogP) is 6.42. The van der Waals surface area contributed by atoms with Crippen LogP contribution in [0.25, 0.3) is 32.7 Å². The van der Waals surface area contributed by atoms with E-state index in [-0.39, 0.29) is 17.1 Å². The summed E-state index contributed by atoms with van der Waals surface area (Å²) >= 11 is 15.3. The second-order valence-corrected chi connectivity index (χ2v) is 8.31. The summed E-state index contributed by atoms with van der Waals surface area (Å²) < 4.78 is 0. The summed E-state index contributed by atoms with van der Waals surface area (Å²) in [5.41, 5.74) is 2.76. The van der Waals surface area contributed by atoms with E-state index in [9.17, 15) is 0 Å². The molecule has 6 aromatic rings. The van der Waals surface area contributed by atoms with Crippen LogP contribution in [0.3, 0.4) is 0 Å². The normalized spacial score (nSPS) is 9.88. The molecule has 0 amide bonds. The van der Waals surface area contributed by atoms with E-state index in [1.807, 2.05) is 91.0 Å². The Labute approximate surface area is 225 Å². The van der Waals surface area contributed by atoms with E-state index < -0.39 is 0 Å². The average molecular weight is 537 g/mol. The molecule has 0 saturated carbocycles. The fraction of sp³-hybridized carbons (Fsp3) is 0. The van der Waals surface area contributed by atoms with Gasteiger partial charge in [-0.2, -0.15) is 0 Å². The van der Waals surface area contributed by atoms with Crippen LogP contribution in [-0.4, -0.2) is 15.0 Å². The van der Waals surface area contributed by atoms with Crippen molar-refractivity contribution >= 4 is 70.6 Å². The number of para-hydroxylation sites is 3. The fourth-order valence-corrected chi connectivity index (χ4v) is 3.98. The molecule has 6 rings (SSSR count). The first-order valence-electron chi connectivity index (χ1n) is 10.2. The van der Waals surface area contributed by atoms with E-state index in [1.165, 1.54) is 0 Å². The van der Waals surface area contributed by atoms with Gasteiger partial charge in [-0.3, -0.25) is 15.0 Å². The summed E-state index contributed by atoms with van der Waals surface area (Å²) in [6.07, 6.45) is 5.29. The van der Waals surface area contributed by atoms with Crippen molar-refractivity contribution in [3.05, 3.63) is 110 Å². The number of benzene rings is 3. The SMILES string of the molecule is [Fe+3].[S-]c1cccc2cccnc12.[S-]c1cccc2cccnc12.[S-]c1cccc2cccnc12. The fourth-order valence-electron chi connectivity index (χ4n) is 3.23. The molecule has 7 heteroatoms. The first-order chi connectivity index (χ1) is 16.1. The van der Waals surface area contributed by atoms with Gasteiger partial charge in [-0.05, 0) is 34.4 Å². The minimum atomic E-state index is 0. The third-order valence-corrected chi connectivity index (χ3v) is 5.78. The van der Waals surface area contributed by atoms with Gasteiger partial charge in [0.15, 0.2) is 0 Å². The number of rotatable bonds is 0. The van der Waals surface area contributed by atoms with Crippen molar-refractivity contribution in [2.24, 2.45) is 0 Å². The Morgan fingerprint density at radius 2 is 0.647 bits per heavy atom. The molecule has 0 atom stereocenters. The predicted molar refractivity (Wildman–Crippen MR) is 142 cm³/mol. The summed E-state index contributed by atoms with van der Waals surface area (Å²) in [5.74, 6) is 0. The molecule has 0 fully saturated rings. The maximum Gasteiger partial charge on any atom is 3.00 e. The number of fused-ring (bicyclic) bond motifs is 3. The zero-order valence-electron chi connectivity index (χ0n) is 17.8. The molecule has 0 unspecified atom stereocenters. The Hall–Kier alpha value is -2.93. The maximum absolute atomic E-state index is 5.09. The number of hydrogen-bond acceptors (Lipinski definition) is 6. The summed E-state index contributed by atoms with van der Waals surface area (Å²) in [5, 5.41) is 3.33. The van der Waals surface area contributed by atoms with Crippen LogP contribution < -0.4 is 0 Å². The first kappa shape index (κ1) is 25.7. The van der Waals surface area contributed by atoms with Crippen molar-refractivity contribution in [2.75, 3.05) is 0 Å². The van der Waals surface area contributed by atoms with Gasteiger partial charge in [-0.1, -0.05) is 72.8 Å². The Morgan fingerprint density at radius 3 is 0.912 bits per heavy atom. The Kier molecular flexibility index (Phi) is 9.45. The molecular weight excluding hydrogens is 518 g/mol. The quantitative estimate of drug-likeness (QED) is 0.165. The molecule has 3 nitrogen and oxygen atoms in total. The standard InChI is InChI=1S/3C9H7NS.Fe/c3*11-8-5-1-3-7-4-2-6-10-9(7)8;/h3*1-6,11H;/q;;;+3/p-3. The second kappa shape index (κ2) is 12.5. The van der Waals surface area contributed by atoms with Gasteiger partial charge in [0.1, 0.15) is 0 Å². The van der Waals surface area contributed by atoms with Crippen LogP contribution in [0, 0.1) is 0 Å². The van der Waals surface area contributed by atoms with Gasteiger partial charge >= 0.3 is 17.1 Å². The van der Waals surface area contributed by atoms with Crippen LogP contribution in [0.15, 0.2) is 124 Å². The second-order valence-electron chi connectivity index (χ2n) is 6.99. The van der Waals surface area contributed by atoms with Crippen LogP contribution in [0.2, 0.25) is 0 Å². The molecule has 0 aliphatic carbocycles. The number of aromatic nitrogens is 3. The van der Waals surface area contributed by atoms with Crippen LogP contribution in [0.5, 0.6) is 0 Å². The summed E-state index contributed by atoms with van der Waals surface area (Å²) in [6, 6.07) is 29.3. The maximum atomic E-state index is 5.09. The van der Waals surface area contributed by atoms with Gasteiger partial charge in [0.05, 0.1) is 16.6 Å². The largest absolute Gasteiger partial charge is 3.00 e. The average Bonchev–Trinajstić information content (AvgIpc) is 2.86. The molecule has 0 aliphatic rings. The molecule has 0 spiro atoms. The van der Waals surface area contributed by atoms with Gasteiger partial charge in [-0.25, -0.2) is 0 Å². The first-order valence-corrected chi connectivity index (χ1v) is 11.4. The summed E-state index contributed by atoms with van der Waals surface area (Å²) in [6.45, 7) is 0. The van der Waals surface area contributed by atoms with E-state index in [4.69, 9.17) is 37.9 Å². The third-order valence-electron chi connectivity index (χ3n) is 4.79. The van der Waals surface area contributed by atoms with Gasteiger partial charge in [-0.15, -0.1) is 14.7 Å². The number of pyridine rings is 3. The van der Waals surface area contributed by atoms with E-state index in [1.54, 1.807) is 18.6 Å². The summed E-state index contributed by atoms with van der Waals surface area (Å²) in [7, 11) is 0. The number of nitrogens with zero attached hydrogens (tertiary/aromatic N) is 3. The van der Waals surface area contributed by atoms with Crippen molar-refractivity contribution in [3.63, 3.8) is 0 Å². The van der Waals surface area contributed by atoms with E-state index in [0.717, 1.165) is 47.4 Å². The molecular formula is C27H18FeN3S3. The molecule has 0 saturated heterocycles. The van der Waals surface area contributed by atoms with E-state index in [2.05, 4.69) is 15.0 Å². The molecule has 0 N–H and O–H groups in total. The van der Waals surface area contributed by atoms with Gasteiger partial charge in [0.25, 0.3) is 0 Å². The minimum Gasteiger partial charge on any atom is -0.778 e. The monoisotopic (exact) mass is 536 g/mol. The molecule has 3 heterocycles. The zero-order valence-corrected chi connectivity index (χ0v) is 21.4. The van der Waals surface area contributed by atoms with Crippen molar-refractivity contribution in [1.82, 2.24) is 15.0 Å². The summed E-state index contributed by atoms with van der Waals surface area (Å²) in [4.78, 5) is 15.0. The van der Waals surface area contributed by atoms with Crippen LogP contribution >= 0.6 is 0 Å². The molecule has 0 aliphatic heterocycles. The van der Waals surface area contributed by atoms with Crippen molar-refractivity contribution in [3.8, 4) is 0 Å². The van der Waals surface area contributed by atoms with Crippen LogP contribution in [0.4, 0.5) is 0 Å². The third kappa shape index (κ3) is 6.35. The van der Waals surface area contributed by atoms with Gasteiger partial charge in [0, 0.05) is 18.6 Å². The molecule has 1 radical (unpaired) electrons. The molecule has 167 valence electrons. The van der Waals surface area contributed by atoms with Crippen molar-refractivity contribution in [2.45, 2.75) is 14.7 Å². The Bertz CT molecular complexity index is 1330. The topological polar surface area (TPSA) is 38.7 Å². The molecule has 0 bridgehead atoms. The van der Waals surface area contributed by atoms with Crippen molar-refractivity contribution < 1.29 is 17.1 Å². The zero-order chi connectivity index (χ0) is 23.0. The van der Waals surface area contributed by atoms with E-state index >= 15 is 0 Å². The minimum absolute atomic E-state index is 0. The van der Waals surface area contributed by atoms with Crippen LogP contribution in [-0.2, 0) is 55.0 Å². The van der Waals surface area contributed by atoms with Gasteiger partial charge in [0.2, 0.25) is 0 Å². The molecule has 3 aromatic carbocycles.